The summed E-state index contributed by atoms with van der Waals surface area (Å²) in [7, 11) is -5.52. The second-order valence-electron chi connectivity index (χ2n) is 19.5. The summed E-state index contributed by atoms with van der Waals surface area (Å²) in [5.41, 5.74) is -0.603. The van der Waals surface area contributed by atoms with E-state index in [9.17, 15) is 14.4 Å². The molecule has 0 spiro atoms. The molecule has 326 valence electrons. The zero-order valence-corrected chi connectivity index (χ0v) is 40.1. The summed E-state index contributed by atoms with van der Waals surface area (Å²) in [6, 6.07) is 19.9. The molecule has 13 heteroatoms. The van der Waals surface area contributed by atoms with Gasteiger partial charge in [-0.15, -0.1) is 0 Å². The third-order valence-electron chi connectivity index (χ3n) is 12.8. The van der Waals surface area contributed by atoms with Crippen LogP contribution in [0.4, 0.5) is 0 Å². The second-order valence-corrected chi connectivity index (χ2v) is 30.3. The van der Waals surface area contributed by atoms with Crippen molar-refractivity contribution in [3.05, 3.63) is 105 Å². The summed E-state index contributed by atoms with van der Waals surface area (Å²) in [5.74, 6) is -0.504. The number of nitrogens with zero attached hydrogens (tertiary/aromatic N) is 1. The molecule has 2 N–H and O–H groups in total. The number of benzene rings is 2. The van der Waals surface area contributed by atoms with Gasteiger partial charge in [0.1, 0.15) is 36.1 Å². The number of hydrogen-bond acceptors (Lipinski definition) is 9. The lowest BCUT2D eigenvalue weighted by Crippen LogP contribution is -2.60. The maximum absolute atomic E-state index is 14.7. The Morgan fingerprint density at radius 2 is 1.12 bits per heavy atom. The molecular weight excluding hydrogens is 779 g/mol. The Kier molecular flexibility index (Phi) is 14.3. The highest BCUT2D eigenvalue weighted by Gasteiger charge is 2.64. The highest BCUT2D eigenvalue weighted by Crippen LogP contribution is 2.52. The monoisotopic (exact) mass is 849 g/mol. The number of aromatic amines is 1. The summed E-state index contributed by atoms with van der Waals surface area (Å²) in [6.07, 6.45) is -3.15. The molecule has 1 aromatic heterocycles. The Morgan fingerprint density at radius 1 is 0.678 bits per heavy atom. The van der Waals surface area contributed by atoms with E-state index < -0.39 is 81.9 Å². The molecule has 0 bridgehead atoms. The molecular formula is C46H71N3O8Si2. The Bertz CT molecular complexity index is 1890. The molecule has 59 heavy (non-hydrogen) atoms. The molecule has 2 saturated heterocycles. The summed E-state index contributed by atoms with van der Waals surface area (Å²) >= 11 is 0. The van der Waals surface area contributed by atoms with Crippen LogP contribution >= 0.6 is 0 Å². The SMILES string of the molecule is CC(C)[Si](O[C@@H]1[C@@H]([C@H]2OC(c3ccccc3)(c3ccccc3)N[C@@H]2C(=O)OC(C)(C)C)O[C@@H](n2ccc(=O)[nH]c2=O)[C@@H]1O[Si](C(C)C)(C(C)C)C(C)C)(C(C)C)C(C)C. The lowest BCUT2D eigenvalue weighted by Gasteiger charge is -2.49. The highest BCUT2D eigenvalue weighted by atomic mass is 28.4. The van der Waals surface area contributed by atoms with Gasteiger partial charge in [0, 0.05) is 23.4 Å². The van der Waals surface area contributed by atoms with Crippen LogP contribution in [-0.4, -0.2) is 68.2 Å². The Morgan fingerprint density at radius 3 is 1.53 bits per heavy atom. The number of esters is 1. The van der Waals surface area contributed by atoms with E-state index in [0.29, 0.717) is 0 Å². The van der Waals surface area contributed by atoms with Gasteiger partial charge in [-0.2, -0.15) is 0 Å². The van der Waals surface area contributed by atoms with Crippen molar-refractivity contribution >= 4 is 22.6 Å². The maximum Gasteiger partial charge on any atom is 0.330 e. The van der Waals surface area contributed by atoms with Gasteiger partial charge in [0.2, 0.25) is 16.6 Å². The fourth-order valence-electron chi connectivity index (χ4n) is 10.6. The van der Waals surface area contributed by atoms with Crippen molar-refractivity contribution in [2.24, 2.45) is 0 Å². The number of carbonyl (C=O) groups is 1. The van der Waals surface area contributed by atoms with Crippen molar-refractivity contribution in [2.75, 3.05) is 0 Å². The van der Waals surface area contributed by atoms with E-state index in [0.717, 1.165) is 11.1 Å². The van der Waals surface area contributed by atoms with E-state index in [1.165, 1.54) is 16.8 Å². The van der Waals surface area contributed by atoms with Crippen molar-refractivity contribution in [3.63, 3.8) is 0 Å². The molecule has 2 aromatic carbocycles. The van der Waals surface area contributed by atoms with Crippen LogP contribution in [-0.2, 0) is 33.6 Å². The van der Waals surface area contributed by atoms with E-state index in [1.54, 1.807) is 0 Å². The molecule has 0 radical (unpaired) electrons. The van der Waals surface area contributed by atoms with Crippen LogP contribution in [0.15, 0.2) is 82.5 Å². The lowest BCUT2D eigenvalue weighted by molar-refractivity contribution is -0.164. The molecule has 0 aliphatic carbocycles. The van der Waals surface area contributed by atoms with Gasteiger partial charge < -0.3 is 23.1 Å². The highest BCUT2D eigenvalue weighted by molar-refractivity contribution is 6.78. The molecule has 2 aliphatic rings. The van der Waals surface area contributed by atoms with Crippen LogP contribution in [0.1, 0.15) is 121 Å². The van der Waals surface area contributed by atoms with Gasteiger partial charge in [0.15, 0.2) is 12.0 Å². The largest absolute Gasteiger partial charge is 0.459 e. The number of nitrogens with one attached hydrogen (secondary N) is 2. The standard InChI is InChI=1S/C46H71N3O8Si2/c1-28(2)58(29(3)4,30(5)6)56-40-39(53-42(49-27-26-36(50)47-44(49)52)41(40)57-59(31(7)8,32(9)10)33(11)12)38-37(43(51)55-45(13,14)15)48-46(54-38,34-22-18-16-19-23-34)35-24-20-17-21-25-35/h16-33,37-42,48H,1-15H3,(H,47,50,52)/t37-,38-,39+,40+,41+,42+/m0/s1. The molecule has 11 nitrogen and oxygen atoms in total. The molecule has 3 heterocycles. The van der Waals surface area contributed by atoms with Crippen LogP contribution < -0.4 is 16.6 Å². The average Bonchev–Trinajstić information content (AvgIpc) is 3.71. The predicted octanol–water partition coefficient (Wildman–Crippen LogP) is 9.16. The van der Waals surface area contributed by atoms with Crippen molar-refractivity contribution in [1.82, 2.24) is 14.9 Å². The zero-order valence-electron chi connectivity index (χ0n) is 38.1. The van der Waals surface area contributed by atoms with E-state index in [-0.39, 0.29) is 33.2 Å². The number of rotatable bonds is 15. The summed E-state index contributed by atoms with van der Waals surface area (Å²) in [6.45, 7) is 32.3. The topological polar surface area (TPSA) is 130 Å². The van der Waals surface area contributed by atoms with Gasteiger partial charge in [-0.25, -0.2) is 4.79 Å². The minimum atomic E-state index is -2.77. The molecule has 6 atom stereocenters. The first-order chi connectivity index (χ1) is 27.5. The maximum atomic E-state index is 14.7. The van der Waals surface area contributed by atoms with E-state index in [4.69, 9.17) is 23.1 Å². The smallest absolute Gasteiger partial charge is 0.330 e. The fraction of sp³-hybridized carbons (Fsp3) is 0.630. The molecule has 0 saturated carbocycles. The van der Waals surface area contributed by atoms with Gasteiger partial charge in [-0.05, 0) is 54.0 Å². The van der Waals surface area contributed by atoms with Crippen LogP contribution in [0, 0.1) is 0 Å². The van der Waals surface area contributed by atoms with Crippen molar-refractivity contribution in [1.29, 1.82) is 0 Å². The number of aromatic nitrogens is 2. The van der Waals surface area contributed by atoms with E-state index in [1.807, 2.05) is 81.4 Å². The minimum Gasteiger partial charge on any atom is -0.459 e. The zero-order chi connectivity index (χ0) is 43.8. The molecule has 2 aliphatic heterocycles. The van der Waals surface area contributed by atoms with Crippen LogP contribution in [0.3, 0.4) is 0 Å². The van der Waals surface area contributed by atoms with Gasteiger partial charge >= 0.3 is 11.7 Å². The molecule has 0 unspecified atom stereocenters. The predicted molar refractivity (Wildman–Crippen MR) is 238 cm³/mol. The van der Waals surface area contributed by atoms with Gasteiger partial charge in [-0.3, -0.25) is 24.5 Å². The van der Waals surface area contributed by atoms with E-state index >= 15 is 0 Å². The quantitative estimate of drug-likeness (QED) is 0.114. The molecule has 2 fully saturated rings. The van der Waals surface area contributed by atoms with Gasteiger partial charge in [0.25, 0.3) is 5.56 Å². The van der Waals surface area contributed by atoms with Gasteiger partial charge in [0.05, 0.1) is 0 Å². The van der Waals surface area contributed by atoms with Crippen molar-refractivity contribution in [2.45, 2.75) is 185 Å². The van der Waals surface area contributed by atoms with Crippen molar-refractivity contribution in [3.8, 4) is 0 Å². The number of carbonyl (C=O) groups excluding carboxylic acids is 1. The third kappa shape index (κ3) is 8.94. The first-order valence-electron chi connectivity index (χ1n) is 21.6. The normalized spacial score (nSPS) is 24.0. The molecule has 5 rings (SSSR count). The number of hydrogen-bond donors (Lipinski definition) is 2. The summed E-state index contributed by atoms with van der Waals surface area (Å²) in [4.78, 5) is 43.6. The Balaban J connectivity index is 1.85. The second kappa shape index (κ2) is 18.0. The van der Waals surface area contributed by atoms with Crippen molar-refractivity contribution < 1.29 is 27.9 Å². The van der Waals surface area contributed by atoms with Crippen LogP contribution in [0.25, 0.3) is 0 Å². The van der Waals surface area contributed by atoms with Crippen LogP contribution in [0.2, 0.25) is 33.2 Å². The lowest BCUT2D eigenvalue weighted by atomic mass is 9.94. The average molecular weight is 850 g/mol. The Labute approximate surface area is 354 Å². The first-order valence-corrected chi connectivity index (χ1v) is 25.9. The number of ether oxygens (including phenoxy) is 3. The summed E-state index contributed by atoms with van der Waals surface area (Å²) < 4.78 is 38.0. The minimum absolute atomic E-state index is 0.179. The summed E-state index contributed by atoms with van der Waals surface area (Å²) in [5, 5.41) is 3.66. The fourth-order valence-corrected chi connectivity index (χ4v) is 21.7. The number of H-pyrrole nitrogens is 1. The van der Waals surface area contributed by atoms with E-state index in [2.05, 4.69) is 93.4 Å². The molecule has 0 amide bonds. The van der Waals surface area contributed by atoms with Crippen LogP contribution in [0.5, 0.6) is 0 Å². The van der Waals surface area contributed by atoms with Gasteiger partial charge in [-0.1, -0.05) is 144 Å². The molecule has 3 aromatic rings. The Hall–Kier alpha value is -3.18. The first kappa shape index (κ1) is 46.9. The third-order valence-corrected chi connectivity index (χ3v) is 25.0.